The first-order valence-electron chi connectivity index (χ1n) is 4.66. The quantitative estimate of drug-likeness (QED) is 0.847. The molecule has 0 radical (unpaired) electrons. The minimum absolute atomic E-state index is 0.0266. The number of aromatic nitrogens is 2. The van der Waals surface area contributed by atoms with Gasteiger partial charge in [-0.1, -0.05) is 6.92 Å². The second-order valence-corrected chi connectivity index (χ2v) is 6.59. The Labute approximate surface area is 105 Å². The Bertz CT molecular complexity index is 495. The molecule has 0 fully saturated rings. The summed E-state index contributed by atoms with van der Waals surface area (Å²) in [5, 5.41) is 3.56. The van der Waals surface area contributed by atoms with Crippen LogP contribution in [0.4, 0.5) is 13.2 Å². The number of aryl methyl sites for hydroxylation is 1. The molecule has 0 amide bonds. The number of alkyl halides is 3. The second kappa shape index (κ2) is 4.97. The lowest BCUT2D eigenvalue weighted by Crippen LogP contribution is -2.20. The first-order chi connectivity index (χ1) is 7.65. The maximum Gasteiger partial charge on any atom is 0.433 e. The van der Waals surface area contributed by atoms with Gasteiger partial charge < -0.3 is 0 Å². The predicted octanol–water partition coefficient (Wildman–Crippen LogP) is 2.10. The summed E-state index contributed by atoms with van der Waals surface area (Å²) in [6, 6.07) is 0.818. The minimum atomic E-state index is -4.55. The van der Waals surface area contributed by atoms with Gasteiger partial charge in [0.25, 0.3) is 0 Å². The van der Waals surface area contributed by atoms with Crippen LogP contribution in [0.1, 0.15) is 12.6 Å². The first-order valence-corrected chi connectivity index (χ1v) is 7.28. The molecule has 4 nitrogen and oxygen atoms in total. The van der Waals surface area contributed by atoms with Crippen molar-refractivity contribution in [1.82, 2.24) is 9.78 Å². The number of rotatable bonds is 4. The van der Waals surface area contributed by atoms with Crippen molar-refractivity contribution in [3.63, 3.8) is 0 Å². The zero-order valence-corrected chi connectivity index (χ0v) is 11.2. The first kappa shape index (κ1) is 14.5. The predicted molar refractivity (Wildman–Crippen MR) is 59.3 cm³/mol. The zero-order chi connectivity index (χ0) is 13.3. The third-order valence-corrected chi connectivity index (χ3v) is 4.17. The summed E-state index contributed by atoms with van der Waals surface area (Å²) in [6.07, 6.45) is -4.55. The molecule has 0 unspecified atom stereocenters. The molecule has 0 bridgehead atoms. The van der Waals surface area contributed by atoms with Crippen LogP contribution in [-0.4, -0.2) is 29.7 Å². The van der Waals surface area contributed by atoms with Crippen LogP contribution in [0.5, 0.6) is 0 Å². The highest BCUT2D eigenvalue weighted by Gasteiger charge is 2.35. The van der Waals surface area contributed by atoms with Crippen molar-refractivity contribution in [2.75, 3.05) is 11.5 Å². The van der Waals surface area contributed by atoms with E-state index in [1.165, 1.54) is 6.92 Å². The summed E-state index contributed by atoms with van der Waals surface area (Å²) in [7, 11) is -3.31. The summed E-state index contributed by atoms with van der Waals surface area (Å²) in [5.74, 6) is -0.461. The van der Waals surface area contributed by atoms with Crippen molar-refractivity contribution >= 4 is 25.8 Å². The molecule has 1 aromatic heterocycles. The molecule has 17 heavy (non-hydrogen) atoms. The second-order valence-electron chi connectivity index (χ2n) is 3.31. The van der Waals surface area contributed by atoms with E-state index in [1.807, 2.05) is 0 Å². The molecule has 1 rings (SSSR count). The Morgan fingerprint density at radius 3 is 2.53 bits per heavy atom. The van der Waals surface area contributed by atoms with Gasteiger partial charge in [-0.15, -0.1) is 0 Å². The van der Waals surface area contributed by atoms with E-state index < -0.39 is 21.7 Å². The van der Waals surface area contributed by atoms with Crippen LogP contribution in [-0.2, 0) is 22.6 Å². The Morgan fingerprint density at radius 2 is 2.06 bits per heavy atom. The van der Waals surface area contributed by atoms with Crippen molar-refractivity contribution in [2.24, 2.45) is 0 Å². The lowest BCUT2D eigenvalue weighted by Gasteiger charge is -2.09. The van der Waals surface area contributed by atoms with Gasteiger partial charge in [0, 0.05) is 11.8 Å². The Morgan fingerprint density at radius 1 is 1.47 bits per heavy atom. The molecule has 0 spiro atoms. The van der Waals surface area contributed by atoms with E-state index in [-0.39, 0.29) is 22.7 Å². The largest absolute Gasteiger partial charge is 0.433 e. The Balaban J connectivity index is 2.93. The molecule has 0 atom stereocenters. The molecule has 0 saturated heterocycles. The van der Waals surface area contributed by atoms with Gasteiger partial charge in [-0.3, -0.25) is 4.68 Å². The number of nitrogens with zero attached hydrogens (tertiary/aromatic N) is 2. The van der Waals surface area contributed by atoms with Crippen LogP contribution in [0.2, 0.25) is 0 Å². The van der Waals surface area contributed by atoms with Crippen LogP contribution >= 0.6 is 15.9 Å². The molecule has 1 aromatic rings. The summed E-state index contributed by atoms with van der Waals surface area (Å²) in [6.45, 7) is 1.13. The molecule has 0 aliphatic heterocycles. The van der Waals surface area contributed by atoms with E-state index >= 15 is 0 Å². The fraction of sp³-hybridized carbons (Fsp3) is 0.625. The van der Waals surface area contributed by atoms with Crippen molar-refractivity contribution in [3.05, 3.63) is 16.4 Å². The van der Waals surface area contributed by atoms with Gasteiger partial charge in [0.05, 0.1) is 12.3 Å². The number of sulfone groups is 1. The Hall–Kier alpha value is -0.570. The fourth-order valence-electron chi connectivity index (χ4n) is 1.15. The van der Waals surface area contributed by atoms with E-state index in [4.69, 9.17) is 0 Å². The van der Waals surface area contributed by atoms with E-state index in [1.54, 1.807) is 0 Å². The van der Waals surface area contributed by atoms with Crippen LogP contribution in [0.3, 0.4) is 0 Å². The normalized spacial score (nSPS) is 13.0. The van der Waals surface area contributed by atoms with Gasteiger partial charge in [-0.2, -0.15) is 18.3 Å². The molecule has 0 aliphatic carbocycles. The average molecular weight is 335 g/mol. The molecule has 98 valence electrons. The maximum atomic E-state index is 12.5. The molecule has 0 N–H and O–H groups in total. The van der Waals surface area contributed by atoms with Crippen LogP contribution < -0.4 is 0 Å². The number of hydrogen-bond donors (Lipinski definition) is 0. The summed E-state index contributed by atoms with van der Waals surface area (Å²) < 4.78 is 60.7. The molecular weight excluding hydrogens is 325 g/mol. The highest BCUT2D eigenvalue weighted by atomic mass is 79.9. The Kier molecular flexibility index (Phi) is 4.23. The van der Waals surface area contributed by atoms with Gasteiger partial charge in [-0.25, -0.2) is 8.42 Å². The monoisotopic (exact) mass is 334 g/mol. The summed E-state index contributed by atoms with van der Waals surface area (Å²) in [4.78, 5) is 0. The van der Waals surface area contributed by atoms with E-state index in [2.05, 4.69) is 21.0 Å². The molecule has 9 heteroatoms. The summed E-state index contributed by atoms with van der Waals surface area (Å²) >= 11 is 2.83. The minimum Gasteiger partial charge on any atom is -0.258 e. The lowest BCUT2D eigenvalue weighted by atomic mass is 10.4. The van der Waals surface area contributed by atoms with Gasteiger partial charge in [0.2, 0.25) is 0 Å². The maximum absolute atomic E-state index is 12.5. The third kappa shape index (κ3) is 3.98. The van der Waals surface area contributed by atoms with E-state index in [0.717, 1.165) is 6.07 Å². The molecule has 0 saturated carbocycles. The SMILES string of the molecule is CCS(=O)(=O)CCn1nc(Br)cc1C(F)(F)F. The van der Waals surface area contributed by atoms with Crippen molar-refractivity contribution in [3.8, 4) is 0 Å². The van der Waals surface area contributed by atoms with E-state index in [9.17, 15) is 21.6 Å². The standard InChI is InChI=1S/C8H10BrF3N2O2S/c1-2-17(15,16)4-3-14-6(8(10,11)12)5-7(9)13-14/h5H,2-4H2,1H3. The van der Waals surface area contributed by atoms with Crippen molar-refractivity contribution in [1.29, 1.82) is 0 Å². The van der Waals surface area contributed by atoms with E-state index in [0.29, 0.717) is 4.68 Å². The van der Waals surface area contributed by atoms with Gasteiger partial charge in [-0.05, 0) is 15.9 Å². The van der Waals surface area contributed by atoms with Crippen molar-refractivity contribution in [2.45, 2.75) is 19.6 Å². The van der Waals surface area contributed by atoms with Crippen molar-refractivity contribution < 1.29 is 21.6 Å². The highest BCUT2D eigenvalue weighted by Crippen LogP contribution is 2.30. The number of hydrogen-bond acceptors (Lipinski definition) is 3. The highest BCUT2D eigenvalue weighted by molar-refractivity contribution is 9.10. The van der Waals surface area contributed by atoms with Gasteiger partial charge >= 0.3 is 6.18 Å². The van der Waals surface area contributed by atoms with Gasteiger partial charge in [0.15, 0.2) is 9.84 Å². The van der Waals surface area contributed by atoms with Crippen LogP contribution in [0.25, 0.3) is 0 Å². The molecule has 0 aliphatic rings. The smallest absolute Gasteiger partial charge is 0.258 e. The molecular formula is C8H10BrF3N2O2S. The third-order valence-electron chi connectivity index (χ3n) is 2.09. The number of halogens is 4. The topological polar surface area (TPSA) is 52.0 Å². The van der Waals surface area contributed by atoms with Gasteiger partial charge in [0.1, 0.15) is 10.3 Å². The average Bonchev–Trinajstić information content (AvgIpc) is 2.57. The molecule has 1 heterocycles. The van der Waals surface area contributed by atoms with Crippen LogP contribution in [0, 0.1) is 0 Å². The fourth-order valence-corrected chi connectivity index (χ4v) is 2.30. The van der Waals surface area contributed by atoms with Crippen LogP contribution in [0.15, 0.2) is 10.7 Å². The molecule has 0 aromatic carbocycles. The summed E-state index contributed by atoms with van der Waals surface area (Å²) in [5.41, 5.74) is -0.962. The lowest BCUT2D eigenvalue weighted by molar-refractivity contribution is -0.144. The zero-order valence-electron chi connectivity index (χ0n) is 8.83.